The van der Waals surface area contributed by atoms with E-state index in [9.17, 15) is 8.42 Å². The highest BCUT2D eigenvalue weighted by molar-refractivity contribution is 7.91. The molecule has 3 unspecified atom stereocenters. The predicted molar refractivity (Wildman–Crippen MR) is 67.8 cm³/mol. The van der Waals surface area contributed by atoms with Crippen LogP contribution in [-0.4, -0.2) is 56.0 Å². The molecule has 3 saturated heterocycles. The Hall–Kier alpha value is -0.130. The lowest BCUT2D eigenvalue weighted by atomic mass is 9.97. The monoisotopic (exact) mass is 258 g/mol. The summed E-state index contributed by atoms with van der Waals surface area (Å²) >= 11 is 0. The van der Waals surface area contributed by atoms with Crippen LogP contribution in [0.4, 0.5) is 0 Å². The van der Waals surface area contributed by atoms with Gasteiger partial charge in [0.25, 0.3) is 0 Å². The molecule has 3 aliphatic heterocycles. The van der Waals surface area contributed by atoms with Crippen LogP contribution in [0.2, 0.25) is 0 Å². The Morgan fingerprint density at radius 3 is 2.24 bits per heavy atom. The van der Waals surface area contributed by atoms with Gasteiger partial charge in [0.2, 0.25) is 0 Å². The molecule has 0 aromatic heterocycles. The predicted octanol–water partition coefficient (Wildman–Crippen LogP) is 0.388. The zero-order chi connectivity index (χ0) is 12.0. The van der Waals surface area contributed by atoms with Crippen molar-refractivity contribution in [1.29, 1.82) is 0 Å². The fourth-order valence-corrected chi connectivity index (χ4v) is 5.49. The molecular weight excluding hydrogens is 236 g/mol. The summed E-state index contributed by atoms with van der Waals surface area (Å²) in [5.41, 5.74) is 0. The minimum absolute atomic E-state index is 0.216. The zero-order valence-electron chi connectivity index (χ0n) is 10.4. The third kappa shape index (κ3) is 2.37. The average molecular weight is 258 g/mol. The maximum Gasteiger partial charge on any atom is 0.151 e. The van der Waals surface area contributed by atoms with E-state index in [0.29, 0.717) is 17.5 Å². The Balaban J connectivity index is 1.57. The van der Waals surface area contributed by atoms with E-state index in [1.54, 1.807) is 0 Å². The van der Waals surface area contributed by atoms with E-state index in [2.05, 4.69) is 17.3 Å². The summed E-state index contributed by atoms with van der Waals surface area (Å²) in [6.07, 6.45) is 5.85. The molecule has 5 heteroatoms. The van der Waals surface area contributed by atoms with Crippen molar-refractivity contribution in [2.24, 2.45) is 0 Å². The molecule has 3 aliphatic rings. The van der Waals surface area contributed by atoms with Gasteiger partial charge in [-0.05, 0) is 39.2 Å². The van der Waals surface area contributed by atoms with Crippen LogP contribution in [0.5, 0.6) is 0 Å². The van der Waals surface area contributed by atoms with E-state index in [4.69, 9.17) is 0 Å². The topological polar surface area (TPSA) is 49.4 Å². The van der Waals surface area contributed by atoms with Gasteiger partial charge in [-0.3, -0.25) is 0 Å². The van der Waals surface area contributed by atoms with Crippen molar-refractivity contribution in [3.05, 3.63) is 0 Å². The van der Waals surface area contributed by atoms with Crippen LogP contribution in [0.25, 0.3) is 0 Å². The Bertz CT molecular complexity index is 381. The van der Waals surface area contributed by atoms with Crippen LogP contribution in [0.1, 0.15) is 32.1 Å². The van der Waals surface area contributed by atoms with Gasteiger partial charge in [-0.2, -0.15) is 0 Å². The zero-order valence-corrected chi connectivity index (χ0v) is 11.2. The summed E-state index contributed by atoms with van der Waals surface area (Å²) in [5, 5.41) is 3.59. The highest BCUT2D eigenvalue weighted by Gasteiger charge is 2.39. The third-order valence-corrected chi connectivity index (χ3v) is 6.57. The molecule has 1 N–H and O–H groups in total. The van der Waals surface area contributed by atoms with Gasteiger partial charge in [-0.1, -0.05) is 0 Å². The Morgan fingerprint density at radius 2 is 1.71 bits per heavy atom. The highest BCUT2D eigenvalue weighted by atomic mass is 32.2. The smallest absolute Gasteiger partial charge is 0.151 e. The molecule has 3 fully saturated rings. The van der Waals surface area contributed by atoms with Crippen molar-refractivity contribution >= 4 is 9.84 Å². The van der Waals surface area contributed by atoms with E-state index < -0.39 is 9.84 Å². The Kier molecular flexibility index (Phi) is 2.96. The maximum atomic E-state index is 11.4. The molecule has 0 aromatic carbocycles. The van der Waals surface area contributed by atoms with Gasteiger partial charge in [-0.15, -0.1) is 0 Å². The second-order valence-corrected chi connectivity index (χ2v) is 8.21. The Labute approximate surface area is 104 Å². The molecule has 0 radical (unpaired) electrons. The van der Waals surface area contributed by atoms with E-state index in [0.717, 1.165) is 18.5 Å². The van der Waals surface area contributed by atoms with Crippen LogP contribution < -0.4 is 5.32 Å². The van der Waals surface area contributed by atoms with Crippen LogP contribution in [0, 0.1) is 0 Å². The minimum Gasteiger partial charge on any atom is -0.310 e. The first-order chi connectivity index (χ1) is 8.03. The van der Waals surface area contributed by atoms with Crippen LogP contribution >= 0.6 is 0 Å². The first-order valence-corrected chi connectivity index (χ1v) is 8.54. The van der Waals surface area contributed by atoms with Crippen molar-refractivity contribution in [3.63, 3.8) is 0 Å². The van der Waals surface area contributed by atoms with E-state index in [1.165, 1.54) is 25.7 Å². The molecule has 0 saturated carbocycles. The van der Waals surface area contributed by atoms with Gasteiger partial charge in [0.1, 0.15) is 0 Å². The minimum atomic E-state index is -2.74. The van der Waals surface area contributed by atoms with Crippen LogP contribution in [0.15, 0.2) is 0 Å². The second kappa shape index (κ2) is 4.21. The van der Waals surface area contributed by atoms with Crippen LogP contribution in [0.3, 0.4) is 0 Å². The van der Waals surface area contributed by atoms with Gasteiger partial charge >= 0.3 is 0 Å². The lowest BCUT2D eigenvalue weighted by Crippen LogP contribution is -2.50. The largest absolute Gasteiger partial charge is 0.310 e. The van der Waals surface area contributed by atoms with Gasteiger partial charge in [0.05, 0.1) is 11.5 Å². The number of hydrogen-bond donors (Lipinski definition) is 1. The summed E-state index contributed by atoms with van der Waals surface area (Å²) in [7, 11) is -0.507. The van der Waals surface area contributed by atoms with E-state index >= 15 is 0 Å². The fourth-order valence-electron chi connectivity index (χ4n) is 3.81. The summed E-state index contributed by atoms with van der Waals surface area (Å²) in [5.74, 6) is 0.735. The standard InChI is InChI=1S/C12H22N2O2S/c1-14-11-2-3-12(14)7-10(6-11)13-9-4-5-17(15,16)8-9/h9-13H,2-8H2,1H3. The second-order valence-electron chi connectivity index (χ2n) is 5.99. The number of hydrogen-bond acceptors (Lipinski definition) is 4. The molecule has 4 nitrogen and oxygen atoms in total. The summed E-state index contributed by atoms with van der Waals surface area (Å²) < 4.78 is 22.9. The van der Waals surface area contributed by atoms with E-state index in [1.807, 2.05) is 0 Å². The van der Waals surface area contributed by atoms with E-state index in [-0.39, 0.29) is 6.04 Å². The third-order valence-electron chi connectivity index (χ3n) is 4.80. The van der Waals surface area contributed by atoms with Crippen molar-refractivity contribution in [2.45, 2.75) is 56.3 Å². The van der Waals surface area contributed by atoms with Crippen LogP contribution in [-0.2, 0) is 9.84 Å². The Morgan fingerprint density at radius 1 is 1.06 bits per heavy atom. The molecule has 3 atom stereocenters. The van der Waals surface area contributed by atoms with Crippen molar-refractivity contribution in [2.75, 3.05) is 18.6 Å². The summed E-state index contributed by atoms with van der Waals surface area (Å²) in [6.45, 7) is 0. The number of piperidine rings is 1. The molecule has 3 heterocycles. The number of nitrogens with zero attached hydrogens (tertiary/aromatic N) is 1. The van der Waals surface area contributed by atoms with Gasteiger partial charge in [-0.25, -0.2) is 8.42 Å². The molecule has 0 aromatic rings. The molecule has 3 rings (SSSR count). The molecule has 98 valence electrons. The summed E-state index contributed by atoms with van der Waals surface area (Å²) in [4.78, 5) is 2.52. The van der Waals surface area contributed by atoms with Gasteiger partial charge < -0.3 is 10.2 Å². The molecule has 0 amide bonds. The summed E-state index contributed by atoms with van der Waals surface area (Å²) in [6, 6.07) is 2.21. The normalized spacial score (nSPS) is 45.2. The quantitative estimate of drug-likeness (QED) is 0.778. The average Bonchev–Trinajstić information content (AvgIpc) is 2.67. The molecule has 0 spiro atoms. The number of rotatable bonds is 2. The fraction of sp³-hybridized carbons (Fsp3) is 1.00. The highest BCUT2D eigenvalue weighted by Crippen LogP contribution is 2.34. The number of fused-ring (bicyclic) bond motifs is 2. The van der Waals surface area contributed by atoms with Gasteiger partial charge in [0, 0.05) is 24.2 Å². The first kappa shape index (κ1) is 11.9. The lowest BCUT2D eigenvalue weighted by Gasteiger charge is -2.37. The van der Waals surface area contributed by atoms with Crippen molar-refractivity contribution < 1.29 is 8.42 Å². The number of sulfone groups is 1. The molecule has 0 aliphatic carbocycles. The van der Waals surface area contributed by atoms with Crippen molar-refractivity contribution in [1.82, 2.24) is 10.2 Å². The lowest BCUT2D eigenvalue weighted by molar-refractivity contribution is 0.144. The molecule has 2 bridgehead atoms. The van der Waals surface area contributed by atoms with Gasteiger partial charge in [0.15, 0.2) is 9.84 Å². The molecular formula is C12H22N2O2S. The number of nitrogens with one attached hydrogen (secondary N) is 1. The molecule has 17 heavy (non-hydrogen) atoms. The first-order valence-electron chi connectivity index (χ1n) is 6.72. The maximum absolute atomic E-state index is 11.4. The SMILES string of the molecule is CN1C2CCC1CC(NC1CCS(=O)(=O)C1)C2. The van der Waals surface area contributed by atoms with Crippen molar-refractivity contribution in [3.8, 4) is 0 Å².